The number of nitrogens with one attached hydrogen (secondary N) is 1. The first-order chi connectivity index (χ1) is 10.6. The maximum Gasteiger partial charge on any atom is 0.241 e. The van der Waals surface area contributed by atoms with Gasteiger partial charge in [0.15, 0.2) is 11.5 Å². The molecule has 1 unspecified atom stereocenters. The molecule has 3 N–H and O–H groups in total. The molecule has 0 radical (unpaired) electrons. The van der Waals surface area contributed by atoms with Gasteiger partial charge in [-0.2, -0.15) is 0 Å². The van der Waals surface area contributed by atoms with E-state index in [1.54, 1.807) is 44.6 Å². The molecule has 6 nitrogen and oxygen atoms in total. The summed E-state index contributed by atoms with van der Waals surface area (Å²) in [6, 6.07) is 8.35. The molecule has 0 aliphatic rings. The standard InChI is InChI=1S/C16H19N3O3.ClH/c1-11(17)16(20)19-13-5-6-14(21-2)15(8-13)22-10-12-4-3-7-18-9-12;/h3-9,11H,10,17H2,1-2H3,(H,19,20);1H. The highest BCUT2D eigenvalue weighted by molar-refractivity contribution is 5.94. The molecule has 0 bridgehead atoms. The van der Waals surface area contributed by atoms with Crippen LogP contribution in [0, 0.1) is 0 Å². The van der Waals surface area contributed by atoms with E-state index in [9.17, 15) is 4.79 Å². The van der Waals surface area contributed by atoms with Crippen LogP contribution in [-0.2, 0) is 11.4 Å². The lowest BCUT2D eigenvalue weighted by Crippen LogP contribution is -2.32. The van der Waals surface area contributed by atoms with Crippen LogP contribution in [0.3, 0.4) is 0 Å². The molecule has 1 aromatic heterocycles. The highest BCUT2D eigenvalue weighted by Gasteiger charge is 2.11. The summed E-state index contributed by atoms with van der Waals surface area (Å²) in [6.45, 7) is 1.98. The zero-order valence-electron chi connectivity index (χ0n) is 13.0. The van der Waals surface area contributed by atoms with E-state index in [1.807, 2.05) is 12.1 Å². The molecule has 0 fully saturated rings. The molecule has 0 saturated heterocycles. The maximum atomic E-state index is 11.6. The Hall–Kier alpha value is -2.31. The van der Waals surface area contributed by atoms with Gasteiger partial charge < -0.3 is 20.5 Å². The van der Waals surface area contributed by atoms with Crippen molar-refractivity contribution in [3.05, 3.63) is 48.3 Å². The molecule has 0 saturated carbocycles. The van der Waals surface area contributed by atoms with Gasteiger partial charge in [-0.3, -0.25) is 9.78 Å². The smallest absolute Gasteiger partial charge is 0.241 e. The topological polar surface area (TPSA) is 86.5 Å². The fourth-order valence-electron chi connectivity index (χ4n) is 1.77. The minimum atomic E-state index is -0.582. The number of hydrogen-bond donors (Lipinski definition) is 2. The molecule has 0 spiro atoms. The number of hydrogen-bond acceptors (Lipinski definition) is 5. The molecule has 1 atom stereocenters. The second kappa shape index (κ2) is 8.97. The van der Waals surface area contributed by atoms with Gasteiger partial charge in [-0.25, -0.2) is 0 Å². The molecule has 1 heterocycles. The number of carbonyl (C=O) groups excluding carboxylic acids is 1. The van der Waals surface area contributed by atoms with Crippen molar-refractivity contribution in [2.45, 2.75) is 19.6 Å². The third-order valence-corrected chi connectivity index (χ3v) is 2.96. The summed E-state index contributed by atoms with van der Waals surface area (Å²) >= 11 is 0. The first-order valence-electron chi connectivity index (χ1n) is 6.86. The molecule has 1 amide bonds. The van der Waals surface area contributed by atoms with Crippen molar-refractivity contribution in [2.24, 2.45) is 5.73 Å². The van der Waals surface area contributed by atoms with Gasteiger partial charge in [-0.15, -0.1) is 12.4 Å². The van der Waals surface area contributed by atoms with Crippen LogP contribution in [-0.4, -0.2) is 24.0 Å². The Morgan fingerprint density at radius 3 is 2.74 bits per heavy atom. The van der Waals surface area contributed by atoms with E-state index in [1.165, 1.54) is 0 Å². The van der Waals surface area contributed by atoms with Crippen molar-refractivity contribution < 1.29 is 14.3 Å². The van der Waals surface area contributed by atoms with Crippen molar-refractivity contribution >= 4 is 24.0 Å². The number of methoxy groups -OCH3 is 1. The van der Waals surface area contributed by atoms with Crippen molar-refractivity contribution in [2.75, 3.05) is 12.4 Å². The van der Waals surface area contributed by atoms with E-state index in [0.29, 0.717) is 23.8 Å². The Morgan fingerprint density at radius 2 is 2.13 bits per heavy atom. The second-order valence-corrected chi connectivity index (χ2v) is 4.79. The fraction of sp³-hybridized carbons (Fsp3) is 0.250. The highest BCUT2D eigenvalue weighted by Crippen LogP contribution is 2.30. The van der Waals surface area contributed by atoms with Crippen LogP contribution in [0.4, 0.5) is 5.69 Å². The quantitative estimate of drug-likeness (QED) is 0.845. The predicted octanol–water partition coefficient (Wildman–Crippen LogP) is 2.38. The van der Waals surface area contributed by atoms with Crippen molar-refractivity contribution in [1.29, 1.82) is 0 Å². The van der Waals surface area contributed by atoms with Crippen LogP contribution in [0.15, 0.2) is 42.7 Å². The molecule has 7 heteroatoms. The van der Waals surface area contributed by atoms with E-state index in [0.717, 1.165) is 5.56 Å². The zero-order valence-corrected chi connectivity index (χ0v) is 13.8. The van der Waals surface area contributed by atoms with E-state index in [4.69, 9.17) is 15.2 Å². The lowest BCUT2D eigenvalue weighted by molar-refractivity contribution is -0.117. The summed E-state index contributed by atoms with van der Waals surface area (Å²) in [5.41, 5.74) is 7.08. The Morgan fingerprint density at radius 1 is 1.35 bits per heavy atom. The highest BCUT2D eigenvalue weighted by atomic mass is 35.5. The molecule has 2 aromatic rings. The fourth-order valence-corrected chi connectivity index (χ4v) is 1.77. The summed E-state index contributed by atoms with van der Waals surface area (Å²) in [5, 5.41) is 2.72. The Kier molecular flexibility index (Phi) is 7.31. The number of anilines is 1. The maximum absolute atomic E-state index is 11.6. The number of pyridine rings is 1. The van der Waals surface area contributed by atoms with E-state index >= 15 is 0 Å². The Balaban J connectivity index is 0.00000264. The number of nitrogens with zero attached hydrogens (tertiary/aromatic N) is 1. The number of ether oxygens (including phenoxy) is 2. The number of benzene rings is 1. The van der Waals surface area contributed by atoms with Gasteiger partial charge in [-0.1, -0.05) is 6.07 Å². The number of carbonyl (C=O) groups is 1. The largest absolute Gasteiger partial charge is 0.493 e. The molecular formula is C16H20ClN3O3. The normalized spacial score (nSPS) is 11.1. The molecular weight excluding hydrogens is 318 g/mol. The number of nitrogens with two attached hydrogens (primary N) is 1. The van der Waals surface area contributed by atoms with Gasteiger partial charge in [0.1, 0.15) is 6.61 Å². The van der Waals surface area contributed by atoms with Crippen LogP contribution in [0.2, 0.25) is 0 Å². The lowest BCUT2D eigenvalue weighted by Gasteiger charge is -2.13. The lowest BCUT2D eigenvalue weighted by atomic mass is 10.2. The van der Waals surface area contributed by atoms with E-state index in [-0.39, 0.29) is 18.3 Å². The average molecular weight is 338 g/mol. The molecule has 0 aliphatic carbocycles. The second-order valence-electron chi connectivity index (χ2n) is 4.79. The molecule has 124 valence electrons. The third-order valence-electron chi connectivity index (χ3n) is 2.96. The number of rotatable bonds is 6. The van der Waals surface area contributed by atoms with Gasteiger partial charge in [0, 0.05) is 29.7 Å². The Bertz CT molecular complexity index is 636. The number of amides is 1. The first-order valence-corrected chi connectivity index (χ1v) is 6.86. The van der Waals surface area contributed by atoms with E-state index in [2.05, 4.69) is 10.3 Å². The predicted molar refractivity (Wildman–Crippen MR) is 91.1 cm³/mol. The third kappa shape index (κ3) is 5.43. The summed E-state index contributed by atoms with van der Waals surface area (Å²) in [6.07, 6.45) is 3.43. The minimum absolute atomic E-state index is 0. The summed E-state index contributed by atoms with van der Waals surface area (Å²) in [5.74, 6) is 0.861. The summed E-state index contributed by atoms with van der Waals surface area (Å²) in [7, 11) is 1.56. The Labute approximate surface area is 141 Å². The first kappa shape index (κ1) is 18.7. The summed E-state index contributed by atoms with van der Waals surface area (Å²) < 4.78 is 11.0. The van der Waals surface area contributed by atoms with Crippen molar-refractivity contribution in [3.8, 4) is 11.5 Å². The van der Waals surface area contributed by atoms with Crippen molar-refractivity contribution in [1.82, 2.24) is 4.98 Å². The molecule has 0 aliphatic heterocycles. The minimum Gasteiger partial charge on any atom is -0.493 e. The molecule has 1 aromatic carbocycles. The summed E-state index contributed by atoms with van der Waals surface area (Å²) in [4.78, 5) is 15.7. The average Bonchev–Trinajstić information content (AvgIpc) is 2.54. The van der Waals surface area contributed by atoms with Crippen LogP contribution in [0.25, 0.3) is 0 Å². The van der Waals surface area contributed by atoms with Gasteiger partial charge in [-0.05, 0) is 25.1 Å². The van der Waals surface area contributed by atoms with Gasteiger partial charge in [0.25, 0.3) is 0 Å². The SMILES string of the molecule is COc1ccc(NC(=O)C(C)N)cc1OCc1cccnc1.Cl. The van der Waals surface area contributed by atoms with Crippen LogP contribution < -0.4 is 20.5 Å². The van der Waals surface area contributed by atoms with Crippen LogP contribution >= 0.6 is 12.4 Å². The van der Waals surface area contributed by atoms with Crippen LogP contribution in [0.5, 0.6) is 11.5 Å². The van der Waals surface area contributed by atoms with Gasteiger partial charge in [0.05, 0.1) is 13.2 Å². The zero-order chi connectivity index (χ0) is 15.9. The number of halogens is 1. The number of aromatic nitrogens is 1. The molecule has 23 heavy (non-hydrogen) atoms. The van der Waals surface area contributed by atoms with Crippen LogP contribution in [0.1, 0.15) is 12.5 Å². The van der Waals surface area contributed by atoms with Gasteiger partial charge >= 0.3 is 0 Å². The monoisotopic (exact) mass is 337 g/mol. The van der Waals surface area contributed by atoms with E-state index < -0.39 is 6.04 Å². The van der Waals surface area contributed by atoms with Gasteiger partial charge in [0.2, 0.25) is 5.91 Å². The van der Waals surface area contributed by atoms with Crippen molar-refractivity contribution in [3.63, 3.8) is 0 Å². The molecule has 2 rings (SSSR count).